The highest BCUT2D eigenvalue weighted by molar-refractivity contribution is 7.11. The van der Waals surface area contributed by atoms with Gasteiger partial charge in [-0.15, -0.1) is 11.3 Å². The Balaban J connectivity index is 2.06. The first-order valence-electron chi connectivity index (χ1n) is 9.05. The lowest BCUT2D eigenvalue weighted by molar-refractivity contribution is -0.153. The number of aliphatic imine (C=N–C) groups is 1. The number of ether oxygens (including phenoxy) is 1. The van der Waals surface area contributed by atoms with Crippen LogP contribution in [0.1, 0.15) is 34.9 Å². The maximum Gasteiger partial charge on any atom is 0.422 e. The topological polar surface area (TPSA) is 58.5 Å². The monoisotopic (exact) mass is 414 g/mol. The Kier molecular flexibility index (Phi) is 8.10. The van der Waals surface area contributed by atoms with E-state index in [4.69, 9.17) is 4.74 Å². The molecular formula is C19H25F3N4OS. The smallest absolute Gasteiger partial charge is 0.422 e. The summed E-state index contributed by atoms with van der Waals surface area (Å²) in [5, 5.41) is 7.27. The van der Waals surface area contributed by atoms with Gasteiger partial charge in [-0.3, -0.25) is 0 Å². The van der Waals surface area contributed by atoms with Crippen LogP contribution in [0.5, 0.6) is 5.75 Å². The number of alkyl halides is 3. The van der Waals surface area contributed by atoms with E-state index in [1.54, 1.807) is 30.4 Å². The van der Waals surface area contributed by atoms with Gasteiger partial charge in [-0.1, -0.05) is 19.1 Å². The Bertz CT molecular complexity index is 790. The van der Waals surface area contributed by atoms with Gasteiger partial charge in [-0.05, 0) is 31.9 Å². The third-order valence-corrected chi connectivity index (χ3v) is 4.86. The number of benzene rings is 1. The number of nitrogens with one attached hydrogen (secondary N) is 2. The molecule has 0 bridgehead atoms. The van der Waals surface area contributed by atoms with Gasteiger partial charge >= 0.3 is 6.18 Å². The summed E-state index contributed by atoms with van der Waals surface area (Å²) in [4.78, 5) is 10.0. The third-order valence-electron chi connectivity index (χ3n) is 3.72. The average Bonchev–Trinajstić information content (AvgIpc) is 3.11. The van der Waals surface area contributed by atoms with Gasteiger partial charge in [0.25, 0.3) is 0 Å². The fraction of sp³-hybridized carbons (Fsp3) is 0.474. The van der Waals surface area contributed by atoms with Crippen LogP contribution in [0.2, 0.25) is 0 Å². The molecule has 0 amide bonds. The van der Waals surface area contributed by atoms with Crippen molar-refractivity contribution in [2.24, 2.45) is 4.99 Å². The molecule has 0 saturated carbocycles. The third kappa shape index (κ3) is 7.38. The van der Waals surface area contributed by atoms with Gasteiger partial charge in [-0.2, -0.15) is 13.2 Å². The zero-order chi connectivity index (χ0) is 20.6. The van der Waals surface area contributed by atoms with E-state index in [1.165, 1.54) is 4.88 Å². The molecule has 0 aliphatic carbocycles. The van der Waals surface area contributed by atoms with Crippen molar-refractivity contribution in [2.45, 2.75) is 46.5 Å². The molecule has 5 nitrogen and oxygen atoms in total. The molecule has 0 spiro atoms. The van der Waals surface area contributed by atoms with Crippen LogP contribution < -0.4 is 15.4 Å². The Morgan fingerprint density at radius 3 is 2.68 bits per heavy atom. The molecule has 0 atom stereocenters. The van der Waals surface area contributed by atoms with E-state index in [0.717, 1.165) is 17.0 Å². The average molecular weight is 414 g/mol. The second kappa shape index (κ2) is 10.3. The van der Waals surface area contributed by atoms with Crippen molar-refractivity contribution in [1.29, 1.82) is 0 Å². The minimum Gasteiger partial charge on any atom is -0.484 e. The van der Waals surface area contributed by atoms with Crippen molar-refractivity contribution in [3.63, 3.8) is 0 Å². The fourth-order valence-corrected chi connectivity index (χ4v) is 3.15. The number of guanidine groups is 1. The molecule has 0 aliphatic rings. The minimum absolute atomic E-state index is 0.195. The number of halogens is 3. The molecule has 9 heteroatoms. The van der Waals surface area contributed by atoms with Crippen LogP contribution >= 0.6 is 11.3 Å². The van der Waals surface area contributed by atoms with Crippen LogP contribution in [0.25, 0.3) is 0 Å². The van der Waals surface area contributed by atoms with Gasteiger partial charge in [0.15, 0.2) is 12.6 Å². The summed E-state index contributed by atoms with van der Waals surface area (Å²) in [6.45, 7) is 5.89. The second-order valence-corrected chi connectivity index (χ2v) is 7.34. The first kappa shape index (κ1) is 22.0. The standard InChI is InChI=1S/C19H25F3N4OS/c1-4-15-10-24-17(28-15)11-26-18(23-5-2)25-9-14-7-6-13(3)8-16(14)27-12-19(20,21)22/h6-8,10H,4-5,9,11-12H2,1-3H3,(H2,23,25,26). The minimum atomic E-state index is -4.38. The summed E-state index contributed by atoms with van der Waals surface area (Å²) in [5.74, 6) is 0.766. The Hall–Kier alpha value is -2.29. The molecule has 2 N–H and O–H groups in total. The molecular weight excluding hydrogens is 389 g/mol. The van der Waals surface area contributed by atoms with Crippen LogP contribution in [0.15, 0.2) is 29.4 Å². The number of hydrogen-bond acceptors (Lipinski definition) is 4. The number of aromatic nitrogens is 1. The van der Waals surface area contributed by atoms with Gasteiger partial charge in [-0.25, -0.2) is 9.98 Å². The van der Waals surface area contributed by atoms with Crippen LogP contribution in [0.4, 0.5) is 13.2 Å². The lowest BCUT2D eigenvalue weighted by Gasteiger charge is -2.14. The molecule has 0 unspecified atom stereocenters. The summed E-state index contributed by atoms with van der Waals surface area (Å²) in [5.41, 5.74) is 1.42. The first-order valence-corrected chi connectivity index (χ1v) is 9.87. The molecule has 154 valence electrons. The van der Waals surface area contributed by atoms with Crippen molar-refractivity contribution in [1.82, 2.24) is 15.6 Å². The van der Waals surface area contributed by atoms with Gasteiger partial charge in [0, 0.05) is 23.2 Å². The van der Waals surface area contributed by atoms with Crippen LogP contribution in [0, 0.1) is 6.92 Å². The van der Waals surface area contributed by atoms with Crippen LogP contribution in [-0.2, 0) is 19.5 Å². The van der Waals surface area contributed by atoms with Crippen molar-refractivity contribution in [3.05, 3.63) is 45.4 Å². The van der Waals surface area contributed by atoms with E-state index >= 15 is 0 Å². The molecule has 1 heterocycles. The van der Waals surface area contributed by atoms with E-state index in [-0.39, 0.29) is 12.3 Å². The predicted octanol–water partition coefficient (Wildman–Crippen LogP) is 4.21. The van der Waals surface area contributed by atoms with E-state index in [0.29, 0.717) is 24.6 Å². The summed E-state index contributed by atoms with van der Waals surface area (Å²) >= 11 is 1.64. The Labute approximate surface area is 167 Å². The van der Waals surface area contributed by atoms with E-state index in [2.05, 4.69) is 27.5 Å². The number of aryl methyl sites for hydroxylation is 2. The molecule has 0 fully saturated rings. The van der Waals surface area contributed by atoms with Gasteiger partial charge in [0.05, 0.1) is 13.1 Å². The molecule has 2 aromatic rings. The number of nitrogens with zero attached hydrogens (tertiary/aromatic N) is 2. The van der Waals surface area contributed by atoms with Crippen molar-refractivity contribution in [3.8, 4) is 5.75 Å². The Morgan fingerprint density at radius 2 is 2.04 bits per heavy atom. The van der Waals surface area contributed by atoms with Crippen molar-refractivity contribution in [2.75, 3.05) is 13.2 Å². The highest BCUT2D eigenvalue weighted by atomic mass is 32.1. The van der Waals surface area contributed by atoms with Crippen LogP contribution in [0.3, 0.4) is 0 Å². The summed E-state index contributed by atoms with van der Waals surface area (Å²) in [6.07, 6.45) is -1.58. The van der Waals surface area contributed by atoms with Crippen molar-refractivity contribution < 1.29 is 17.9 Å². The molecule has 28 heavy (non-hydrogen) atoms. The highest BCUT2D eigenvalue weighted by Crippen LogP contribution is 2.24. The zero-order valence-electron chi connectivity index (χ0n) is 16.2. The summed E-state index contributed by atoms with van der Waals surface area (Å²) in [7, 11) is 0. The molecule has 1 aromatic heterocycles. The molecule has 2 rings (SSSR count). The highest BCUT2D eigenvalue weighted by Gasteiger charge is 2.28. The summed E-state index contributed by atoms with van der Waals surface area (Å²) in [6, 6.07) is 5.16. The molecule has 1 aromatic carbocycles. The predicted molar refractivity (Wildman–Crippen MR) is 106 cm³/mol. The maximum atomic E-state index is 12.5. The zero-order valence-corrected chi connectivity index (χ0v) is 17.0. The molecule has 0 aliphatic heterocycles. The van der Waals surface area contributed by atoms with E-state index in [1.807, 2.05) is 19.2 Å². The number of rotatable bonds is 8. The lowest BCUT2D eigenvalue weighted by atomic mass is 10.1. The van der Waals surface area contributed by atoms with E-state index < -0.39 is 12.8 Å². The van der Waals surface area contributed by atoms with E-state index in [9.17, 15) is 13.2 Å². The SMILES string of the molecule is CCNC(=NCc1ccc(C)cc1OCC(F)(F)F)NCc1ncc(CC)s1. The van der Waals surface area contributed by atoms with Gasteiger partial charge in [0.1, 0.15) is 10.8 Å². The number of thiazole rings is 1. The van der Waals surface area contributed by atoms with Crippen molar-refractivity contribution >= 4 is 17.3 Å². The molecule has 0 saturated heterocycles. The van der Waals surface area contributed by atoms with Crippen LogP contribution in [-0.4, -0.2) is 30.3 Å². The Morgan fingerprint density at radius 1 is 1.25 bits per heavy atom. The summed E-state index contributed by atoms with van der Waals surface area (Å²) < 4.78 is 42.5. The lowest BCUT2D eigenvalue weighted by Crippen LogP contribution is -2.36. The largest absolute Gasteiger partial charge is 0.484 e. The number of hydrogen-bond donors (Lipinski definition) is 2. The first-order chi connectivity index (χ1) is 13.3. The second-order valence-electron chi connectivity index (χ2n) is 6.14. The quantitative estimate of drug-likeness (QED) is 0.502. The van der Waals surface area contributed by atoms with Gasteiger partial charge < -0.3 is 15.4 Å². The normalized spacial score (nSPS) is 12.1. The maximum absolute atomic E-state index is 12.5. The molecule has 0 radical (unpaired) electrons. The van der Waals surface area contributed by atoms with Gasteiger partial charge in [0.2, 0.25) is 0 Å². The fourth-order valence-electron chi connectivity index (χ4n) is 2.34.